The van der Waals surface area contributed by atoms with E-state index in [0.29, 0.717) is 41.7 Å². The molecule has 0 radical (unpaired) electrons. The Morgan fingerprint density at radius 1 is 1.12 bits per heavy atom. The Kier molecular flexibility index (Phi) is 5.62. The van der Waals surface area contributed by atoms with Gasteiger partial charge in [0.25, 0.3) is 5.91 Å². The van der Waals surface area contributed by atoms with Crippen molar-refractivity contribution in [2.24, 2.45) is 11.8 Å². The van der Waals surface area contributed by atoms with Gasteiger partial charge in [-0.3, -0.25) is 9.78 Å². The molecule has 3 atom stereocenters. The molecule has 2 unspecified atom stereocenters. The molecule has 4 heterocycles. The van der Waals surface area contributed by atoms with Crippen molar-refractivity contribution >= 4 is 11.7 Å². The first kappa shape index (κ1) is 22.2. The number of hydrogen-bond donors (Lipinski definition) is 1. The highest BCUT2D eigenvalue weighted by Gasteiger charge is 2.47. The Hall–Kier alpha value is -3.63. The van der Waals surface area contributed by atoms with E-state index in [0.717, 1.165) is 12.8 Å². The number of nitrogens with one attached hydrogen (secondary N) is 1. The summed E-state index contributed by atoms with van der Waals surface area (Å²) < 4.78 is 39.0. The number of pyridine rings is 1. The summed E-state index contributed by atoms with van der Waals surface area (Å²) in [6.45, 7) is 2.65. The van der Waals surface area contributed by atoms with E-state index in [9.17, 15) is 18.0 Å². The third kappa shape index (κ3) is 4.55. The number of amides is 1. The van der Waals surface area contributed by atoms with Gasteiger partial charge in [0.15, 0.2) is 11.5 Å². The van der Waals surface area contributed by atoms with Crippen LogP contribution in [-0.4, -0.2) is 54.9 Å². The summed E-state index contributed by atoms with van der Waals surface area (Å²) in [5, 5.41) is 2.95. The van der Waals surface area contributed by atoms with Gasteiger partial charge in [-0.15, -0.1) is 0 Å². The molecule has 5 rings (SSSR count). The Balaban J connectivity index is 1.40. The first-order chi connectivity index (χ1) is 16.3. The molecule has 8 nitrogen and oxygen atoms in total. The number of likely N-dealkylation sites (tertiary alicyclic amines) is 1. The lowest BCUT2D eigenvalue weighted by atomic mass is 10.00. The number of hydrogen-bond acceptors (Lipinski definition) is 7. The first-order valence-corrected chi connectivity index (χ1v) is 11.0. The molecular formula is C23H22F3N7O. The predicted molar refractivity (Wildman–Crippen MR) is 117 cm³/mol. The Morgan fingerprint density at radius 2 is 1.91 bits per heavy atom. The second-order valence-electron chi connectivity index (χ2n) is 8.69. The summed E-state index contributed by atoms with van der Waals surface area (Å²) in [7, 11) is 0. The quantitative estimate of drug-likeness (QED) is 0.610. The van der Waals surface area contributed by atoms with Crippen LogP contribution in [0.15, 0.2) is 43.0 Å². The van der Waals surface area contributed by atoms with Crippen LogP contribution in [0, 0.1) is 18.8 Å². The third-order valence-electron chi connectivity index (χ3n) is 6.26. The van der Waals surface area contributed by atoms with Gasteiger partial charge in [-0.25, -0.2) is 19.9 Å². The fourth-order valence-corrected chi connectivity index (χ4v) is 4.43. The van der Waals surface area contributed by atoms with Gasteiger partial charge in [0.1, 0.15) is 11.5 Å². The van der Waals surface area contributed by atoms with E-state index in [-0.39, 0.29) is 30.0 Å². The molecule has 3 aromatic heterocycles. The summed E-state index contributed by atoms with van der Waals surface area (Å²) in [6.07, 6.45) is 2.37. The second kappa shape index (κ2) is 8.62. The summed E-state index contributed by atoms with van der Waals surface area (Å²) in [6, 6.07) is 5.07. The van der Waals surface area contributed by atoms with Crippen molar-refractivity contribution in [3.63, 3.8) is 0 Å². The monoisotopic (exact) mass is 469 g/mol. The Labute approximate surface area is 193 Å². The van der Waals surface area contributed by atoms with Crippen LogP contribution in [0.25, 0.3) is 11.4 Å². The fraction of sp³-hybridized carbons (Fsp3) is 0.391. The van der Waals surface area contributed by atoms with Crippen LogP contribution in [0.1, 0.15) is 34.7 Å². The van der Waals surface area contributed by atoms with Crippen LogP contribution in [0.4, 0.5) is 19.0 Å². The zero-order chi connectivity index (χ0) is 23.9. The van der Waals surface area contributed by atoms with Crippen LogP contribution >= 0.6 is 0 Å². The number of aryl methyl sites for hydroxylation is 1. The van der Waals surface area contributed by atoms with Crippen molar-refractivity contribution in [3.05, 3.63) is 60.1 Å². The zero-order valence-corrected chi connectivity index (χ0v) is 18.3. The van der Waals surface area contributed by atoms with Crippen molar-refractivity contribution in [3.8, 4) is 11.4 Å². The minimum Gasteiger partial charge on any atom is -0.367 e. The number of anilines is 1. The highest BCUT2D eigenvalue weighted by Crippen LogP contribution is 2.47. The number of halogens is 3. The molecule has 11 heteroatoms. The number of carbonyl (C=O) groups excluding carboxylic acids is 1. The maximum Gasteiger partial charge on any atom is 0.434 e. The standard InChI is InChI=1S/C23H22F3N7O/c1-13-3-4-17(21-28-5-2-6-29-21)20(31-13)22(34)33-12-15-7-14(15)8-16(33)9-30-19-11-27-10-18(32-19)23(24,25)26/h2-6,10-11,14-16H,7-9,12H2,1H3,(H,30,32)/t14?,15?,16-/m0/s1. The molecular weight excluding hydrogens is 447 g/mol. The van der Waals surface area contributed by atoms with Crippen molar-refractivity contribution in [2.75, 3.05) is 18.4 Å². The Bertz CT molecular complexity index is 1200. The number of fused-ring (bicyclic) bond motifs is 1. The molecule has 176 valence electrons. The van der Waals surface area contributed by atoms with Gasteiger partial charge in [-0.2, -0.15) is 13.2 Å². The van der Waals surface area contributed by atoms with E-state index in [2.05, 4.69) is 30.2 Å². The summed E-state index contributed by atoms with van der Waals surface area (Å²) in [5.74, 6) is 1.15. The van der Waals surface area contributed by atoms with E-state index in [1.807, 2.05) is 6.92 Å². The minimum atomic E-state index is -4.58. The van der Waals surface area contributed by atoms with Crippen molar-refractivity contribution < 1.29 is 18.0 Å². The predicted octanol–water partition coefficient (Wildman–Crippen LogP) is 3.62. The van der Waals surface area contributed by atoms with Crippen LogP contribution < -0.4 is 5.32 Å². The molecule has 0 spiro atoms. The number of carbonyl (C=O) groups is 1. The SMILES string of the molecule is Cc1ccc(-c2ncccn2)c(C(=O)N2CC3CC3C[C@H]2CNc2cncc(C(F)(F)F)n2)n1. The van der Waals surface area contributed by atoms with Gasteiger partial charge >= 0.3 is 6.18 Å². The van der Waals surface area contributed by atoms with E-state index >= 15 is 0 Å². The number of alkyl halides is 3. The van der Waals surface area contributed by atoms with Gasteiger partial charge in [-0.1, -0.05) is 0 Å². The highest BCUT2D eigenvalue weighted by molar-refractivity contribution is 5.98. The van der Waals surface area contributed by atoms with Crippen molar-refractivity contribution in [2.45, 2.75) is 32.0 Å². The van der Waals surface area contributed by atoms with E-state index in [1.54, 1.807) is 35.5 Å². The molecule has 34 heavy (non-hydrogen) atoms. The number of nitrogens with zero attached hydrogens (tertiary/aromatic N) is 6. The zero-order valence-electron chi connectivity index (χ0n) is 18.3. The molecule has 2 fully saturated rings. The van der Waals surface area contributed by atoms with Gasteiger partial charge in [0.2, 0.25) is 0 Å². The molecule has 1 saturated heterocycles. The van der Waals surface area contributed by atoms with Crippen LogP contribution in [-0.2, 0) is 6.18 Å². The Morgan fingerprint density at radius 3 is 2.68 bits per heavy atom. The first-order valence-electron chi connectivity index (χ1n) is 11.0. The average Bonchev–Trinajstić information content (AvgIpc) is 3.60. The molecule has 0 bridgehead atoms. The largest absolute Gasteiger partial charge is 0.434 e. The normalized spacial score (nSPS) is 21.6. The lowest BCUT2D eigenvalue weighted by Gasteiger charge is -2.36. The van der Waals surface area contributed by atoms with Gasteiger partial charge in [0, 0.05) is 37.2 Å². The third-order valence-corrected chi connectivity index (χ3v) is 6.26. The number of piperidine rings is 1. The van der Waals surface area contributed by atoms with E-state index in [4.69, 9.17) is 0 Å². The maximum absolute atomic E-state index is 13.7. The minimum absolute atomic E-state index is 0.0206. The molecule has 1 aliphatic carbocycles. The van der Waals surface area contributed by atoms with E-state index < -0.39 is 11.9 Å². The number of rotatable bonds is 5. The van der Waals surface area contributed by atoms with Crippen molar-refractivity contribution in [1.29, 1.82) is 0 Å². The lowest BCUT2D eigenvalue weighted by Crippen LogP contribution is -2.48. The summed E-state index contributed by atoms with van der Waals surface area (Å²) in [4.78, 5) is 35.8. The smallest absolute Gasteiger partial charge is 0.367 e. The molecule has 1 aliphatic heterocycles. The van der Waals surface area contributed by atoms with Crippen molar-refractivity contribution in [1.82, 2.24) is 29.8 Å². The van der Waals surface area contributed by atoms with Crippen LogP contribution in [0.2, 0.25) is 0 Å². The van der Waals surface area contributed by atoms with Gasteiger partial charge in [-0.05, 0) is 49.8 Å². The topological polar surface area (TPSA) is 96.8 Å². The highest BCUT2D eigenvalue weighted by atomic mass is 19.4. The summed E-state index contributed by atoms with van der Waals surface area (Å²) >= 11 is 0. The fourth-order valence-electron chi connectivity index (χ4n) is 4.43. The number of aromatic nitrogens is 5. The van der Waals surface area contributed by atoms with Crippen LogP contribution in [0.5, 0.6) is 0 Å². The molecule has 1 amide bonds. The van der Waals surface area contributed by atoms with Crippen LogP contribution in [0.3, 0.4) is 0 Å². The second-order valence-corrected chi connectivity index (χ2v) is 8.69. The molecule has 3 aromatic rings. The van der Waals surface area contributed by atoms with E-state index in [1.165, 1.54) is 6.20 Å². The van der Waals surface area contributed by atoms with Gasteiger partial charge in [0.05, 0.1) is 18.0 Å². The summed E-state index contributed by atoms with van der Waals surface area (Å²) in [5.41, 5.74) is 0.449. The molecule has 2 aliphatic rings. The lowest BCUT2D eigenvalue weighted by molar-refractivity contribution is -0.141. The van der Waals surface area contributed by atoms with Gasteiger partial charge < -0.3 is 10.2 Å². The maximum atomic E-state index is 13.7. The molecule has 1 N–H and O–H groups in total. The average molecular weight is 469 g/mol. The molecule has 0 aromatic carbocycles. The molecule has 1 saturated carbocycles.